The van der Waals surface area contributed by atoms with E-state index in [1.165, 1.54) is 147 Å². The number of carbonyl (C=O) groups excluding carboxylic acids is 3. The molecule has 13 nitrogen and oxygen atoms in total. The molecule has 0 saturated carbocycles. The van der Waals surface area contributed by atoms with E-state index in [9.17, 15) is 28.2 Å². The van der Waals surface area contributed by atoms with E-state index in [-0.39, 0.29) is 86.9 Å². The van der Waals surface area contributed by atoms with E-state index in [1.807, 2.05) is 0 Å². The van der Waals surface area contributed by atoms with Crippen molar-refractivity contribution in [3.63, 3.8) is 0 Å². The maximum absolute atomic E-state index is 14.3. The van der Waals surface area contributed by atoms with Crippen molar-refractivity contribution in [3.8, 4) is 5.75 Å². The van der Waals surface area contributed by atoms with Crippen molar-refractivity contribution in [1.29, 1.82) is 0 Å². The van der Waals surface area contributed by atoms with Crippen LogP contribution in [0.3, 0.4) is 0 Å². The number of phosphoric ester groups is 1. The number of hydrogen-bond donors (Lipinski definition) is 0. The molecule has 0 radical (unpaired) electrons. The molecule has 1 saturated heterocycles. The molecule has 4 unspecified atom stereocenters. The molecule has 0 bridgehead atoms. The predicted molar refractivity (Wildman–Crippen MR) is 285 cm³/mol. The summed E-state index contributed by atoms with van der Waals surface area (Å²) in [5.74, 6) is -1.72. The number of rotatable bonds is 51. The van der Waals surface area contributed by atoms with Crippen LogP contribution in [0.5, 0.6) is 5.75 Å². The van der Waals surface area contributed by atoms with Gasteiger partial charge in [-0.15, -0.1) is 0 Å². The molecule has 0 amide bonds. The Morgan fingerprint density at radius 3 is 1.57 bits per heavy atom. The second-order valence-electron chi connectivity index (χ2n) is 20.1. The summed E-state index contributed by atoms with van der Waals surface area (Å²) in [7, 11) is -4.85. The van der Waals surface area contributed by atoms with E-state index < -0.39 is 50.5 Å². The zero-order valence-corrected chi connectivity index (χ0v) is 49.9. The van der Waals surface area contributed by atoms with Crippen molar-refractivity contribution in [2.75, 3.05) is 39.6 Å². The number of benzene rings is 1. The topological polar surface area (TPSA) is 165 Å². The summed E-state index contributed by atoms with van der Waals surface area (Å²) in [4.78, 5) is 50.5. The van der Waals surface area contributed by atoms with Gasteiger partial charge >= 0.3 is 47.5 Å². The van der Waals surface area contributed by atoms with Gasteiger partial charge in [-0.1, -0.05) is 200 Å². The third kappa shape index (κ3) is 39.7. The minimum Gasteiger partial charge on any atom is -0.756 e. The summed E-state index contributed by atoms with van der Waals surface area (Å²) in [6.45, 7) is 5.99. The largest absolute Gasteiger partial charge is 1.00 e. The van der Waals surface area contributed by atoms with Crippen LogP contribution < -0.4 is 39.2 Å². The summed E-state index contributed by atoms with van der Waals surface area (Å²) in [6.07, 6.45) is 36.9. The van der Waals surface area contributed by atoms with Crippen LogP contribution in [0.15, 0.2) is 18.2 Å². The molecule has 1 fully saturated rings. The molecule has 0 aliphatic carbocycles. The van der Waals surface area contributed by atoms with E-state index in [1.54, 1.807) is 19.1 Å². The molecule has 2 rings (SSSR count). The molecule has 0 N–H and O–H groups in total. The van der Waals surface area contributed by atoms with Gasteiger partial charge in [0.2, 0.25) is 0 Å². The molecule has 1 aliphatic rings. The summed E-state index contributed by atoms with van der Waals surface area (Å²) in [5, 5.41) is 0. The van der Waals surface area contributed by atoms with Crippen molar-refractivity contribution >= 4 is 25.7 Å². The fourth-order valence-electron chi connectivity index (χ4n) is 8.95. The van der Waals surface area contributed by atoms with Crippen molar-refractivity contribution < 1.29 is 95.3 Å². The molecule has 4 atom stereocenters. The Hall–Kier alpha value is -1.61. The van der Waals surface area contributed by atoms with Crippen molar-refractivity contribution in [2.45, 2.75) is 277 Å². The van der Waals surface area contributed by atoms with E-state index in [2.05, 4.69) is 13.8 Å². The van der Waals surface area contributed by atoms with Crippen LogP contribution in [-0.4, -0.2) is 69.8 Å². The molecule has 16 heteroatoms. The standard InChI is InChI=1S/C58H102FO13P.Na/c1-4-7-9-11-13-15-17-19-21-23-25-27-29-31-33-39-56(61)67-48-52(71-57(62)40-34-32-30-28-26-24-22-20-18-16-14-12-10-8-5-2)49-70-73(63,64)69-45-37-41-55(60)66-44-36-35-38-51-47-68-58(72-51)50-42-43-54(65-6-3)53(59)46-50;/h42-43,46,51-52,58H,4-41,44-45,47-49H2,1-3H3,(H,63,64);/q;+1/p-1. The molecule has 0 aromatic heterocycles. The monoisotopic (exact) mass is 1080 g/mol. The Labute approximate surface area is 470 Å². The van der Waals surface area contributed by atoms with Gasteiger partial charge in [-0.3, -0.25) is 18.9 Å². The SMILES string of the molecule is CCCCCCCCCCCCCCCCCC(=O)OCC(COP(=O)([O-])OCCCC(=O)OCCCCC1COC(c2ccc(OCC)c(F)c2)O1)OC(=O)CCCCCCCCCCCCCCCCC.[Na+]. The van der Waals surface area contributed by atoms with Crippen molar-refractivity contribution in [2.24, 2.45) is 0 Å². The number of esters is 3. The normalized spacial score (nSPS) is 15.6. The molecular formula is C58H101FNaO13P. The molecule has 1 heterocycles. The van der Waals surface area contributed by atoms with E-state index in [0.717, 1.165) is 38.5 Å². The number of halogens is 1. The third-order valence-electron chi connectivity index (χ3n) is 13.4. The quantitative estimate of drug-likeness (QED) is 0.0199. The number of ether oxygens (including phenoxy) is 6. The molecule has 1 aromatic rings. The fraction of sp³-hybridized carbons (Fsp3) is 0.845. The Morgan fingerprint density at radius 2 is 1.07 bits per heavy atom. The zero-order valence-electron chi connectivity index (χ0n) is 47.0. The maximum Gasteiger partial charge on any atom is 1.00 e. The van der Waals surface area contributed by atoms with Crippen LogP contribution in [-0.2, 0) is 51.7 Å². The minimum atomic E-state index is -4.85. The summed E-state index contributed by atoms with van der Waals surface area (Å²) in [5.41, 5.74) is 0.574. The smallest absolute Gasteiger partial charge is 0.756 e. The van der Waals surface area contributed by atoms with Crippen molar-refractivity contribution in [3.05, 3.63) is 29.6 Å². The van der Waals surface area contributed by atoms with E-state index in [0.29, 0.717) is 50.9 Å². The van der Waals surface area contributed by atoms with Gasteiger partial charge in [-0.2, -0.15) is 0 Å². The second kappa shape index (κ2) is 48.5. The van der Waals surface area contributed by atoms with Crippen LogP contribution in [0, 0.1) is 5.82 Å². The predicted octanol–water partition coefficient (Wildman–Crippen LogP) is 12.6. The van der Waals surface area contributed by atoms with Gasteiger partial charge in [0.05, 0.1) is 39.1 Å². The van der Waals surface area contributed by atoms with Gasteiger partial charge in [0, 0.05) is 24.8 Å². The Bertz CT molecular complexity index is 1570. The summed E-state index contributed by atoms with van der Waals surface area (Å²) < 4.78 is 70.3. The Morgan fingerprint density at radius 1 is 0.595 bits per heavy atom. The number of unbranched alkanes of at least 4 members (excludes halogenated alkanes) is 29. The second-order valence-corrected chi connectivity index (χ2v) is 21.5. The zero-order chi connectivity index (χ0) is 52.9. The Kier molecular flexibility index (Phi) is 46.2. The molecule has 1 aliphatic heterocycles. The third-order valence-corrected chi connectivity index (χ3v) is 14.3. The average Bonchev–Trinajstić information content (AvgIpc) is 3.85. The minimum absolute atomic E-state index is 0. The first-order valence-corrected chi connectivity index (χ1v) is 30.8. The number of phosphoric acid groups is 1. The van der Waals surface area contributed by atoms with Gasteiger partial charge < -0.3 is 42.4 Å². The summed E-state index contributed by atoms with van der Waals surface area (Å²) >= 11 is 0. The van der Waals surface area contributed by atoms with E-state index in [4.69, 9.17) is 37.5 Å². The van der Waals surface area contributed by atoms with Crippen LogP contribution in [0.2, 0.25) is 0 Å². The molecule has 424 valence electrons. The number of carbonyl (C=O) groups is 3. The van der Waals surface area contributed by atoms with Crippen LogP contribution in [0.25, 0.3) is 0 Å². The number of hydrogen-bond acceptors (Lipinski definition) is 13. The van der Waals surface area contributed by atoms with Crippen LogP contribution in [0.4, 0.5) is 4.39 Å². The van der Waals surface area contributed by atoms with E-state index >= 15 is 0 Å². The maximum atomic E-state index is 14.3. The van der Waals surface area contributed by atoms with Gasteiger partial charge in [-0.05, 0) is 57.6 Å². The van der Waals surface area contributed by atoms with Gasteiger partial charge in [0.25, 0.3) is 7.82 Å². The molecule has 74 heavy (non-hydrogen) atoms. The molecule has 1 aromatic carbocycles. The fourth-order valence-corrected chi connectivity index (χ4v) is 9.72. The first kappa shape index (κ1) is 70.4. The average molecular weight is 1080 g/mol. The van der Waals surface area contributed by atoms with Crippen molar-refractivity contribution in [1.82, 2.24) is 0 Å². The van der Waals surface area contributed by atoms with Crippen LogP contribution in [0.1, 0.15) is 270 Å². The first-order valence-electron chi connectivity index (χ1n) is 29.4. The van der Waals surface area contributed by atoms with Gasteiger partial charge in [0.1, 0.15) is 6.61 Å². The molecular weight excluding hydrogens is 978 g/mol. The Balaban J connectivity index is 0.0000274. The summed E-state index contributed by atoms with van der Waals surface area (Å²) in [6, 6.07) is 4.63. The van der Waals surface area contributed by atoms with Gasteiger partial charge in [-0.25, -0.2) is 4.39 Å². The first-order chi connectivity index (χ1) is 35.6. The molecule has 0 spiro atoms. The van der Waals surface area contributed by atoms with Gasteiger partial charge in [0.15, 0.2) is 24.0 Å². The van der Waals surface area contributed by atoms with Crippen LogP contribution >= 0.6 is 7.82 Å².